The number of aliphatic carboxylic acids is 1. The number of hydrogen-bond donors (Lipinski definition) is 2. The third kappa shape index (κ3) is 4.62. The van der Waals surface area contributed by atoms with Crippen LogP contribution in [0.2, 0.25) is 0 Å². The minimum Gasteiger partial charge on any atom is -0.481 e. The summed E-state index contributed by atoms with van der Waals surface area (Å²) in [4.78, 5) is 24.4. The number of amides is 1. The SMILES string of the molecule is CC(CCCN)C(=O)N1CCOC(CC(=O)O)C1. The third-order valence-electron chi connectivity index (χ3n) is 3.12. The van der Waals surface area contributed by atoms with Gasteiger partial charge in [0.25, 0.3) is 0 Å². The highest BCUT2D eigenvalue weighted by atomic mass is 16.5. The quantitative estimate of drug-likeness (QED) is 0.703. The Labute approximate surface area is 107 Å². The number of hydrogen-bond acceptors (Lipinski definition) is 4. The van der Waals surface area contributed by atoms with Gasteiger partial charge in [-0.1, -0.05) is 6.92 Å². The normalized spacial score (nSPS) is 21.7. The molecule has 0 aliphatic carbocycles. The summed E-state index contributed by atoms with van der Waals surface area (Å²) in [5.41, 5.74) is 5.42. The Morgan fingerprint density at radius 2 is 2.28 bits per heavy atom. The molecule has 0 saturated carbocycles. The van der Waals surface area contributed by atoms with E-state index in [1.54, 1.807) is 4.90 Å². The van der Waals surface area contributed by atoms with Crippen LogP contribution in [0.15, 0.2) is 0 Å². The lowest BCUT2D eigenvalue weighted by molar-refractivity contribution is -0.149. The van der Waals surface area contributed by atoms with E-state index >= 15 is 0 Å². The number of carbonyl (C=O) groups excluding carboxylic acids is 1. The van der Waals surface area contributed by atoms with Crippen LogP contribution in [0.25, 0.3) is 0 Å². The summed E-state index contributed by atoms with van der Waals surface area (Å²) in [5, 5.41) is 8.72. The molecule has 0 aromatic carbocycles. The smallest absolute Gasteiger partial charge is 0.306 e. The van der Waals surface area contributed by atoms with Crippen LogP contribution in [0.3, 0.4) is 0 Å². The number of rotatable bonds is 6. The Kier molecular flexibility index (Phi) is 6.07. The highest BCUT2D eigenvalue weighted by Gasteiger charge is 2.28. The van der Waals surface area contributed by atoms with Gasteiger partial charge in [-0.05, 0) is 19.4 Å². The summed E-state index contributed by atoms with van der Waals surface area (Å²) in [7, 11) is 0. The monoisotopic (exact) mass is 258 g/mol. The summed E-state index contributed by atoms with van der Waals surface area (Å²) in [6, 6.07) is 0. The number of carbonyl (C=O) groups is 2. The first kappa shape index (κ1) is 14.9. The molecular formula is C12H22N2O4. The van der Waals surface area contributed by atoms with Crippen LogP contribution >= 0.6 is 0 Å². The fourth-order valence-corrected chi connectivity index (χ4v) is 2.10. The van der Waals surface area contributed by atoms with E-state index in [4.69, 9.17) is 15.6 Å². The van der Waals surface area contributed by atoms with Crippen LogP contribution in [-0.2, 0) is 14.3 Å². The summed E-state index contributed by atoms with van der Waals surface area (Å²) in [6.45, 7) is 3.80. The van der Waals surface area contributed by atoms with Gasteiger partial charge in [0.15, 0.2) is 0 Å². The minimum absolute atomic E-state index is 0.0546. The molecule has 0 radical (unpaired) electrons. The van der Waals surface area contributed by atoms with Crippen LogP contribution in [0.5, 0.6) is 0 Å². The van der Waals surface area contributed by atoms with E-state index < -0.39 is 5.97 Å². The zero-order valence-corrected chi connectivity index (χ0v) is 10.8. The van der Waals surface area contributed by atoms with E-state index in [0.717, 1.165) is 12.8 Å². The van der Waals surface area contributed by atoms with Crippen molar-refractivity contribution in [1.82, 2.24) is 4.90 Å². The lowest BCUT2D eigenvalue weighted by Crippen LogP contribution is -2.48. The van der Waals surface area contributed by atoms with Crippen LogP contribution in [0.1, 0.15) is 26.2 Å². The van der Waals surface area contributed by atoms with Crippen molar-refractivity contribution in [3.8, 4) is 0 Å². The maximum Gasteiger partial charge on any atom is 0.306 e. The summed E-state index contributed by atoms with van der Waals surface area (Å²) < 4.78 is 5.34. The second-order valence-electron chi connectivity index (χ2n) is 4.71. The van der Waals surface area contributed by atoms with E-state index in [0.29, 0.717) is 26.2 Å². The second-order valence-corrected chi connectivity index (χ2v) is 4.71. The average Bonchev–Trinajstić information content (AvgIpc) is 2.34. The predicted octanol–water partition coefficient (Wildman–Crippen LogP) is 0.0635. The number of nitrogens with two attached hydrogens (primary N) is 1. The van der Waals surface area contributed by atoms with Gasteiger partial charge < -0.3 is 20.5 Å². The van der Waals surface area contributed by atoms with Gasteiger partial charge in [-0.3, -0.25) is 9.59 Å². The molecule has 2 unspecified atom stereocenters. The van der Waals surface area contributed by atoms with Crippen molar-refractivity contribution < 1.29 is 19.4 Å². The molecule has 1 rings (SSSR count). The van der Waals surface area contributed by atoms with Crippen molar-refractivity contribution in [3.05, 3.63) is 0 Å². The molecule has 0 spiro atoms. The topological polar surface area (TPSA) is 92.9 Å². The molecule has 1 aliphatic rings. The molecule has 104 valence electrons. The van der Waals surface area contributed by atoms with E-state index in [1.807, 2.05) is 6.92 Å². The fraction of sp³-hybridized carbons (Fsp3) is 0.833. The van der Waals surface area contributed by atoms with Gasteiger partial charge in [0, 0.05) is 19.0 Å². The number of ether oxygens (including phenoxy) is 1. The molecule has 1 aliphatic heterocycles. The zero-order valence-electron chi connectivity index (χ0n) is 10.8. The van der Waals surface area contributed by atoms with Crippen molar-refractivity contribution in [1.29, 1.82) is 0 Å². The third-order valence-corrected chi connectivity index (χ3v) is 3.12. The highest BCUT2D eigenvalue weighted by Crippen LogP contribution is 2.14. The summed E-state index contributed by atoms with van der Waals surface area (Å²) in [5.74, 6) is -0.884. The lowest BCUT2D eigenvalue weighted by atomic mass is 10.0. The molecule has 1 heterocycles. The Balaban J connectivity index is 2.44. The molecular weight excluding hydrogens is 236 g/mol. The molecule has 18 heavy (non-hydrogen) atoms. The van der Waals surface area contributed by atoms with Crippen molar-refractivity contribution in [2.24, 2.45) is 11.7 Å². The zero-order chi connectivity index (χ0) is 13.5. The second kappa shape index (κ2) is 7.33. The first-order valence-electron chi connectivity index (χ1n) is 6.36. The van der Waals surface area contributed by atoms with Crippen LogP contribution in [0.4, 0.5) is 0 Å². The molecule has 1 fully saturated rings. The van der Waals surface area contributed by atoms with Crippen LogP contribution in [0, 0.1) is 5.92 Å². The maximum absolute atomic E-state index is 12.1. The first-order chi connectivity index (χ1) is 8.54. The number of carboxylic acid groups (broad SMARTS) is 1. The van der Waals surface area contributed by atoms with Crippen LogP contribution in [-0.4, -0.2) is 54.2 Å². The highest BCUT2D eigenvalue weighted by molar-refractivity contribution is 5.78. The fourth-order valence-electron chi connectivity index (χ4n) is 2.10. The summed E-state index contributed by atoms with van der Waals surface area (Å²) in [6.07, 6.45) is 1.16. The molecule has 0 aromatic rings. The van der Waals surface area contributed by atoms with E-state index in [-0.39, 0.29) is 24.3 Å². The molecule has 6 nitrogen and oxygen atoms in total. The Morgan fingerprint density at radius 1 is 1.56 bits per heavy atom. The number of carboxylic acids is 1. The van der Waals surface area contributed by atoms with Gasteiger partial charge in [0.1, 0.15) is 0 Å². The maximum atomic E-state index is 12.1. The van der Waals surface area contributed by atoms with Gasteiger partial charge >= 0.3 is 5.97 Å². The molecule has 2 atom stereocenters. The van der Waals surface area contributed by atoms with Crippen molar-refractivity contribution in [2.45, 2.75) is 32.3 Å². The van der Waals surface area contributed by atoms with Crippen molar-refractivity contribution in [2.75, 3.05) is 26.2 Å². The van der Waals surface area contributed by atoms with Gasteiger partial charge in [0.05, 0.1) is 19.1 Å². The van der Waals surface area contributed by atoms with Gasteiger partial charge in [-0.25, -0.2) is 0 Å². The van der Waals surface area contributed by atoms with E-state index in [9.17, 15) is 9.59 Å². The van der Waals surface area contributed by atoms with Gasteiger partial charge in [-0.2, -0.15) is 0 Å². The Morgan fingerprint density at radius 3 is 2.89 bits per heavy atom. The Bertz CT molecular complexity index is 296. The van der Waals surface area contributed by atoms with Gasteiger partial charge in [0.2, 0.25) is 5.91 Å². The van der Waals surface area contributed by atoms with Crippen molar-refractivity contribution in [3.63, 3.8) is 0 Å². The molecule has 0 bridgehead atoms. The lowest BCUT2D eigenvalue weighted by Gasteiger charge is -2.34. The molecule has 3 N–H and O–H groups in total. The number of nitrogens with zero attached hydrogens (tertiary/aromatic N) is 1. The molecule has 0 aromatic heterocycles. The van der Waals surface area contributed by atoms with E-state index in [2.05, 4.69) is 0 Å². The molecule has 1 amide bonds. The minimum atomic E-state index is -0.898. The molecule has 6 heteroatoms. The standard InChI is InChI=1S/C12H22N2O4/c1-9(3-2-4-13)12(17)14-5-6-18-10(8-14)7-11(15)16/h9-10H,2-8,13H2,1H3,(H,15,16). The van der Waals surface area contributed by atoms with E-state index in [1.165, 1.54) is 0 Å². The predicted molar refractivity (Wildman–Crippen MR) is 66.0 cm³/mol. The van der Waals surface area contributed by atoms with Crippen molar-refractivity contribution >= 4 is 11.9 Å². The summed E-state index contributed by atoms with van der Waals surface area (Å²) >= 11 is 0. The average molecular weight is 258 g/mol. The largest absolute Gasteiger partial charge is 0.481 e. The number of morpholine rings is 1. The molecule has 1 saturated heterocycles. The first-order valence-corrected chi connectivity index (χ1v) is 6.36. The van der Waals surface area contributed by atoms with Gasteiger partial charge in [-0.15, -0.1) is 0 Å². The Hall–Kier alpha value is -1.14. The van der Waals surface area contributed by atoms with Crippen LogP contribution < -0.4 is 5.73 Å².